The van der Waals surface area contributed by atoms with Crippen LogP contribution < -0.4 is 10.1 Å². The van der Waals surface area contributed by atoms with Crippen LogP contribution in [-0.2, 0) is 13.0 Å². The molecular formula is C15H21NOS2. The molecule has 1 aromatic rings. The summed E-state index contributed by atoms with van der Waals surface area (Å²) in [5, 5.41) is 3.70. The average Bonchev–Trinajstić information content (AvgIpc) is 2.62. The molecule has 1 saturated heterocycles. The van der Waals surface area contributed by atoms with Gasteiger partial charge in [-0.05, 0) is 24.1 Å². The van der Waals surface area contributed by atoms with Gasteiger partial charge in [0.15, 0.2) is 0 Å². The van der Waals surface area contributed by atoms with E-state index in [4.69, 9.17) is 4.74 Å². The fraction of sp³-hybridized carbons (Fsp3) is 0.600. The molecule has 0 aliphatic carbocycles. The van der Waals surface area contributed by atoms with Crippen LogP contribution in [0.5, 0.6) is 5.75 Å². The summed E-state index contributed by atoms with van der Waals surface area (Å²) in [5.74, 6) is 6.18. The summed E-state index contributed by atoms with van der Waals surface area (Å²) >= 11 is 4.15. The van der Waals surface area contributed by atoms with Gasteiger partial charge in [0.25, 0.3) is 0 Å². The lowest BCUT2D eigenvalue weighted by molar-refractivity contribution is 0.254. The van der Waals surface area contributed by atoms with Crippen LogP contribution in [0.15, 0.2) is 18.2 Å². The maximum Gasteiger partial charge on any atom is 0.123 e. The summed E-state index contributed by atoms with van der Waals surface area (Å²) in [6, 6.07) is 7.29. The highest BCUT2D eigenvalue weighted by molar-refractivity contribution is 8.03. The van der Waals surface area contributed by atoms with Gasteiger partial charge in [0.1, 0.15) is 11.9 Å². The topological polar surface area (TPSA) is 21.3 Å². The number of hydrogen-bond donors (Lipinski definition) is 1. The highest BCUT2D eigenvalue weighted by Crippen LogP contribution is 2.29. The first kappa shape index (κ1) is 13.7. The molecule has 1 fully saturated rings. The second-order valence-corrected chi connectivity index (χ2v) is 7.60. The van der Waals surface area contributed by atoms with Crippen LogP contribution in [0.25, 0.3) is 0 Å². The van der Waals surface area contributed by atoms with Crippen molar-refractivity contribution in [2.24, 2.45) is 0 Å². The SMILES string of the molecule is C[C@H]1Cc2cc(CNC3CSCCSC3)ccc2O1. The number of benzene rings is 1. The Kier molecular flexibility index (Phi) is 4.61. The van der Waals surface area contributed by atoms with E-state index < -0.39 is 0 Å². The summed E-state index contributed by atoms with van der Waals surface area (Å²) in [4.78, 5) is 0. The monoisotopic (exact) mass is 295 g/mol. The highest BCUT2D eigenvalue weighted by Gasteiger charge is 2.19. The molecule has 3 rings (SSSR count). The minimum absolute atomic E-state index is 0.341. The van der Waals surface area contributed by atoms with Gasteiger partial charge in [-0.2, -0.15) is 23.5 Å². The molecular weight excluding hydrogens is 274 g/mol. The van der Waals surface area contributed by atoms with E-state index in [2.05, 4.69) is 54.0 Å². The minimum atomic E-state index is 0.341. The minimum Gasteiger partial charge on any atom is -0.490 e. The van der Waals surface area contributed by atoms with Gasteiger partial charge in [-0.3, -0.25) is 0 Å². The Morgan fingerprint density at radius 3 is 2.84 bits per heavy atom. The molecule has 0 aromatic heterocycles. The molecule has 0 bridgehead atoms. The molecule has 2 heterocycles. The van der Waals surface area contributed by atoms with E-state index in [0.29, 0.717) is 12.1 Å². The number of fused-ring (bicyclic) bond motifs is 1. The predicted molar refractivity (Wildman–Crippen MR) is 85.5 cm³/mol. The van der Waals surface area contributed by atoms with Gasteiger partial charge in [-0.1, -0.05) is 12.1 Å². The molecule has 0 spiro atoms. The van der Waals surface area contributed by atoms with E-state index in [-0.39, 0.29) is 0 Å². The predicted octanol–water partition coefficient (Wildman–Crippen LogP) is 2.95. The molecule has 0 amide bonds. The Labute approximate surface area is 124 Å². The van der Waals surface area contributed by atoms with Gasteiger partial charge < -0.3 is 10.1 Å². The maximum atomic E-state index is 5.75. The van der Waals surface area contributed by atoms with Crippen molar-refractivity contribution < 1.29 is 4.74 Å². The molecule has 0 unspecified atom stereocenters. The van der Waals surface area contributed by atoms with Crippen molar-refractivity contribution in [3.8, 4) is 5.75 Å². The van der Waals surface area contributed by atoms with Crippen LogP contribution in [0, 0.1) is 0 Å². The summed E-state index contributed by atoms with van der Waals surface area (Å²) in [7, 11) is 0. The first-order valence-corrected chi connectivity index (χ1v) is 9.29. The summed E-state index contributed by atoms with van der Waals surface area (Å²) < 4.78 is 5.75. The van der Waals surface area contributed by atoms with Crippen molar-refractivity contribution in [2.75, 3.05) is 23.0 Å². The largest absolute Gasteiger partial charge is 0.490 e. The molecule has 2 aliphatic heterocycles. The fourth-order valence-electron chi connectivity index (χ4n) is 2.58. The molecule has 0 radical (unpaired) electrons. The Bertz CT molecular complexity index is 430. The van der Waals surface area contributed by atoms with Gasteiger partial charge in [0.2, 0.25) is 0 Å². The smallest absolute Gasteiger partial charge is 0.123 e. The third kappa shape index (κ3) is 3.61. The summed E-state index contributed by atoms with van der Waals surface area (Å²) in [6.45, 7) is 3.12. The number of ether oxygens (including phenoxy) is 1. The van der Waals surface area contributed by atoms with E-state index in [1.807, 2.05) is 0 Å². The van der Waals surface area contributed by atoms with E-state index in [1.54, 1.807) is 0 Å². The first-order chi connectivity index (χ1) is 9.31. The van der Waals surface area contributed by atoms with Crippen molar-refractivity contribution in [3.05, 3.63) is 29.3 Å². The van der Waals surface area contributed by atoms with Crippen molar-refractivity contribution in [1.82, 2.24) is 5.32 Å². The zero-order valence-corrected chi connectivity index (χ0v) is 13.0. The second kappa shape index (κ2) is 6.42. The third-order valence-electron chi connectivity index (χ3n) is 3.57. The van der Waals surface area contributed by atoms with Gasteiger partial charge in [-0.15, -0.1) is 0 Å². The van der Waals surface area contributed by atoms with Gasteiger partial charge >= 0.3 is 0 Å². The number of nitrogens with one attached hydrogen (secondary N) is 1. The van der Waals surface area contributed by atoms with Crippen LogP contribution in [0.1, 0.15) is 18.1 Å². The Hall–Kier alpha value is -0.320. The van der Waals surface area contributed by atoms with E-state index >= 15 is 0 Å². The molecule has 1 atom stereocenters. The molecule has 2 aliphatic rings. The van der Waals surface area contributed by atoms with E-state index in [9.17, 15) is 0 Å². The fourth-order valence-corrected chi connectivity index (χ4v) is 5.05. The highest BCUT2D eigenvalue weighted by atomic mass is 32.2. The number of hydrogen-bond acceptors (Lipinski definition) is 4. The Balaban J connectivity index is 1.57. The van der Waals surface area contributed by atoms with Crippen molar-refractivity contribution in [2.45, 2.75) is 32.0 Å². The van der Waals surface area contributed by atoms with E-state index in [0.717, 1.165) is 18.7 Å². The van der Waals surface area contributed by atoms with Gasteiger partial charge in [0.05, 0.1) is 0 Å². The standard InChI is InChI=1S/C15H21NOS2/c1-11-6-13-7-12(2-3-15(13)17-11)8-16-14-9-18-4-5-19-10-14/h2-3,7,11,14,16H,4-6,8-10H2,1H3/t11-/m0/s1. The normalized spacial score (nSPS) is 23.7. The zero-order valence-electron chi connectivity index (χ0n) is 11.4. The van der Waals surface area contributed by atoms with E-state index in [1.165, 1.54) is 34.1 Å². The van der Waals surface area contributed by atoms with Crippen LogP contribution in [-0.4, -0.2) is 35.2 Å². The molecule has 2 nitrogen and oxygen atoms in total. The number of thioether (sulfide) groups is 2. The van der Waals surface area contributed by atoms with Crippen molar-refractivity contribution >= 4 is 23.5 Å². The molecule has 0 saturated carbocycles. The second-order valence-electron chi connectivity index (χ2n) is 5.30. The summed E-state index contributed by atoms with van der Waals surface area (Å²) in [6.07, 6.45) is 1.39. The number of rotatable bonds is 3. The molecule has 19 heavy (non-hydrogen) atoms. The van der Waals surface area contributed by atoms with Crippen LogP contribution in [0.2, 0.25) is 0 Å². The van der Waals surface area contributed by atoms with Crippen molar-refractivity contribution in [3.63, 3.8) is 0 Å². The van der Waals surface area contributed by atoms with Crippen LogP contribution in [0.3, 0.4) is 0 Å². The van der Waals surface area contributed by atoms with Crippen LogP contribution >= 0.6 is 23.5 Å². The molecule has 1 N–H and O–H groups in total. The lowest BCUT2D eigenvalue weighted by Gasteiger charge is -2.15. The molecule has 104 valence electrons. The summed E-state index contributed by atoms with van der Waals surface area (Å²) in [5.41, 5.74) is 2.76. The zero-order chi connectivity index (χ0) is 13.1. The average molecular weight is 295 g/mol. The van der Waals surface area contributed by atoms with Crippen molar-refractivity contribution in [1.29, 1.82) is 0 Å². The molecule has 1 aromatic carbocycles. The van der Waals surface area contributed by atoms with Gasteiger partial charge in [-0.25, -0.2) is 0 Å². The van der Waals surface area contributed by atoms with Crippen LogP contribution in [0.4, 0.5) is 0 Å². The Morgan fingerprint density at radius 1 is 1.26 bits per heavy atom. The Morgan fingerprint density at radius 2 is 2.05 bits per heavy atom. The van der Waals surface area contributed by atoms with Gasteiger partial charge in [0, 0.05) is 42.0 Å². The third-order valence-corrected chi connectivity index (χ3v) is 6.09. The maximum absolute atomic E-state index is 5.75. The molecule has 4 heteroatoms. The lowest BCUT2D eigenvalue weighted by atomic mass is 10.1. The lowest BCUT2D eigenvalue weighted by Crippen LogP contribution is -2.32. The quantitative estimate of drug-likeness (QED) is 0.925. The first-order valence-electron chi connectivity index (χ1n) is 6.98.